The molecule has 0 unspecified atom stereocenters. The van der Waals surface area contributed by atoms with Gasteiger partial charge in [0, 0.05) is 13.1 Å². The van der Waals surface area contributed by atoms with E-state index in [1.54, 1.807) is 0 Å². The smallest absolute Gasteiger partial charge is 0.305 e. The Morgan fingerprint density at radius 2 is 0.759 bits per heavy atom. The summed E-state index contributed by atoms with van der Waals surface area (Å²) in [4.78, 5) is 20.5. The third-order valence-electron chi connectivity index (χ3n) is 3.25. The van der Waals surface area contributed by atoms with Gasteiger partial charge in [0.15, 0.2) is 0 Å². The first-order chi connectivity index (χ1) is 14.1. The molecule has 0 fully saturated rings. The van der Waals surface area contributed by atoms with E-state index in [2.05, 4.69) is 5.32 Å². The Morgan fingerprint density at radius 1 is 0.483 bits per heavy atom. The monoisotopic (exact) mass is 425 g/mol. The molecule has 3 N–H and O–H groups in total. The number of carboxylic acids is 2. The Bertz CT molecular complexity index is 350. The molecule has 0 saturated carbocycles. The number of aliphatic carboxylic acids is 2. The zero-order chi connectivity index (χ0) is 21.4. The molecule has 0 rings (SSSR count). The summed E-state index contributed by atoms with van der Waals surface area (Å²) in [7, 11) is 0. The zero-order valence-electron chi connectivity index (χ0n) is 17.0. The van der Waals surface area contributed by atoms with Gasteiger partial charge in [0.1, 0.15) is 0 Å². The number of carbonyl (C=O) groups is 2. The van der Waals surface area contributed by atoms with E-state index in [-0.39, 0.29) is 26.1 Å². The molecular formula is C18H35NO10. The zero-order valence-corrected chi connectivity index (χ0v) is 17.0. The van der Waals surface area contributed by atoms with Gasteiger partial charge in [-0.3, -0.25) is 9.59 Å². The third-order valence-corrected chi connectivity index (χ3v) is 3.25. The summed E-state index contributed by atoms with van der Waals surface area (Å²) in [5.41, 5.74) is 0. The van der Waals surface area contributed by atoms with Crippen LogP contribution in [0.25, 0.3) is 0 Å². The summed E-state index contributed by atoms with van der Waals surface area (Å²) < 4.78 is 31.5. The molecule has 0 bridgehead atoms. The van der Waals surface area contributed by atoms with Crippen LogP contribution in [0.2, 0.25) is 0 Å². The van der Waals surface area contributed by atoms with Crippen molar-refractivity contribution >= 4 is 11.9 Å². The SMILES string of the molecule is O=C(O)CCOCCOCCOCCNCCOCCOCCOCCC(=O)O. The normalized spacial score (nSPS) is 11.0. The van der Waals surface area contributed by atoms with E-state index in [1.165, 1.54) is 0 Å². The molecule has 172 valence electrons. The van der Waals surface area contributed by atoms with Crippen molar-refractivity contribution in [3.05, 3.63) is 0 Å². The lowest BCUT2D eigenvalue weighted by molar-refractivity contribution is -0.139. The Morgan fingerprint density at radius 3 is 1.07 bits per heavy atom. The average molecular weight is 425 g/mol. The van der Waals surface area contributed by atoms with Crippen LogP contribution >= 0.6 is 0 Å². The molecular weight excluding hydrogens is 390 g/mol. The number of hydrogen-bond donors (Lipinski definition) is 3. The fourth-order valence-corrected chi connectivity index (χ4v) is 1.82. The van der Waals surface area contributed by atoms with Crippen LogP contribution in [0.15, 0.2) is 0 Å². The highest BCUT2D eigenvalue weighted by molar-refractivity contribution is 5.66. The maximum absolute atomic E-state index is 10.3. The number of nitrogens with one attached hydrogen (secondary N) is 1. The first-order valence-corrected chi connectivity index (χ1v) is 9.73. The summed E-state index contributed by atoms with van der Waals surface area (Å²) in [6, 6.07) is 0. The van der Waals surface area contributed by atoms with Gasteiger partial charge in [-0.25, -0.2) is 0 Å². The Kier molecular flexibility index (Phi) is 21.9. The van der Waals surface area contributed by atoms with Crippen LogP contribution in [0.4, 0.5) is 0 Å². The molecule has 29 heavy (non-hydrogen) atoms. The number of hydrogen-bond acceptors (Lipinski definition) is 9. The lowest BCUT2D eigenvalue weighted by Crippen LogP contribution is -2.25. The van der Waals surface area contributed by atoms with Gasteiger partial charge in [0.25, 0.3) is 0 Å². The minimum absolute atomic E-state index is 0.00192. The molecule has 0 aliphatic carbocycles. The summed E-state index contributed by atoms with van der Waals surface area (Å²) in [6.45, 7) is 6.47. The summed E-state index contributed by atoms with van der Waals surface area (Å²) >= 11 is 0. The van der Waals surface area contributed by atoms with Crippen LogP contribution in [0.1, 0.15) is 12.8 Å². The van der Waals surface area contributed by atoms with E-state index >= 15 is 0 Å². The predicted octanol–water partition coefficient (Wildman–Crippen LogP) is -0.375. The fraction of sp³-hybridized carbons (Fsp3) is 0.889. The molecule has 0 aliphatic rings. The molecule has 0 amide bonds. The molecule has 11 heteroatoms. The first-order valence-electron chi connectivity index (χ1n) is 9.73. The molecule has 0 aromatic rings. The van der Waals surface area contributed by atoms with Crippen molar-refractivity contribution in [2.24, 2.45) is 0 Å². The molecule has 0 aliphatic heterocycles. The van der Waals surface area contributed by atoms with Crippen molar-refractivity contribution in [1.82, 2.24) is 5.32 Å². The fourth-order valence-electron chi connectivity index (χ4n) is 1.82. The largest absolute Gasteiger partial charge is 0.481 e. The van der Waals surface area contributed by atoms with E-state index in [0.29, 0.717) is 79.2 Å². The molecule has 0 spiro atoms. The van der Waals surface area contributed by atoms with Crippen molar-refractivity contribution in [1.29, 1.82) is 0 Å². The Labute approximate surface area is 171 Å². The van der Waals surface area contributed by atoms with Gasteiger partial charge in [0.2, 0.25) is 0 Å². The van der Waals surface area contributed by atoms with Gasteiger partial charge in [-0.1, -0.05) is 0 Å². The van der Waals surface area contributed by atoms with Crippen molar-refractivity contribution in [3.8, 4) is 0 Å². The highest BCUT2D eigenvalue weighted by Crippen LogP contribution is 1.86. The van der Waals surface area contributed by atoms with Crippen LogP contribution < -0.4 is 5.32 Å². The third kappa shape index (κ3) is 26.7. The van der Waals surface area contributed by atoms with E-state index < -0.39 is 11.9 Å². The lowest BCUT2D eigenvalue weighted by Gasteiger charge is -2.08. The van der Waals surface area contributed by atoms with Crippen LogP contribution in [-0.4, -0.2) is 115 Å². The van der Waals surface area contributed by atoms with Gasteiger partial charge in [-0.2, -0.15) is 0 Å². The van der Waals surface area contributed by atoms with Crippen LogP contribution in [-0.2, 0) is 38.0 Å². The molecule has 11 nitrogen and oxygen atoms in total. The summed E-state index contributed by atoms with van der Waals surface area (Å²) in [5.74, 6) is -1.75. The van der Waals surface area contributed by atoms with Gasteiger partial charge in [-0.15, -0.1) is 0 Å². The molecule has 0 aromatic heterocycles. The van der Waals surface area contributed by atoms with Crippen LogP contribution in [0, 0.1) is 0 Å². The van der Waals surface area contributed by atoms with E-state index in [9.17, 15) is 9.59 Å². The Hall–Kier alpha value is -1.34. The molecule has 0 atom stereocenters. The van der Waals surface area contributed by atoms with Gasteiger partial charge in [-0.05, 0) is 0 Å². The van der Waals surface area contributed by atoms with E-state index in [4.69, 9.17) is 38.6 Å². The number of rotatable bonds is 24. The van der Waals surface area contributed by atoms with Crippen molar-refractivity contribution in [2.45, 2.75) is 12.8 Å². The predicted molar refractivity (Wildman–Crippen MR) is 102 cm³/mol. The van der Waals surface area contributed by atoms with Crippen molar-refractivity contribution in [3.63, 3.8) is 0 Å². The van der Waals surface area contributed by atoms with Gasteiger partial charge >= 0.3 is 11.9 Å². The van der Waals surface area contributed by atoms with Crippen molar-refractivity contribution < 1.29 is 48.2 Å². The topological polar surface area (TPSA) is 142 Å². The van der Waals surface area contributed by atoms with Gasteiger partial charge < -0.3 is 44.0 Å². The van der Waals surface area contributed by atoms with Crippen LogP contribution in [0.5, 0.6) is 0 Å². The number of ether oxygens (including phenoxy) is 6. The molecule has 0 radical (unpaired) electrons. The minimum atomic E-state index is -0.873. The van der Waals surface area contributed by atoms with Gasteiger partial charge in [0.05, 0.1) is 92.1 Å². The molecule has 0 aromatic carbocycles. The maximum atomic E-state index is 10.3. The summed E-state index contributed by atoms with van der Waals surface area (Å²) in [6.07, 6.45) is 0.00384. The Balaban J connectivity index is 3.01. The second kappa shape index (κ2) is 22.9. The summed E-state index contributed by atoms with van der Waals surface area (Å²) in [5, 5.41) is 20.0. The first kappa shape index (κ1) is 27.7. The quantitative estimate of drug-likeness (QED) is 0.174. The highest BCUT2D eigenvalue weighted by Gasteiger charge is 1.97. The average Bonchev–Trinajstić information content (AvgIpc) is 2.68. The standard InChI is InChI=1S/C18H35NO10/c20-17(21)1-5-24-9-13-28-15-11-26-7-3-19-4-8-27-12-16-29-14-10-25-6-2-18(22)23/h19H,1-16H2,(H,20,21)(H,22,23). The lowest BCUT2D eigenvalue weighted by atomic mass is 10.5. The van der Waals surface area contributed by atoms with E-state index in [1.807, 2.05) is 0 Å². The van der Waals surface area contributed by atoms with E-state index in [0.717, 1.165) is 0 Å². The second-order valence-electron chi connectivity index (χ2n) is 5.71. The highest BCUT2D eigenvalue weighted by atomic mass is 16.5. The second-order valence-corrected chi connectivity index (χ2v) is 5.71. The minimum Gasteiger partial charge on any atom is -0.481 e. The maximum Gasteiger partial charge on any atom is 0.305 e. The molecule has 0 saturated heterocycles. The molecule has 0 heterocycles. The number of carboxylic acid groups (broad SMARTS) is 2. The van der Waals surface area contributed by atoms with Crippen molar-refractivity contribution in [2.75, 3.05) is 92.4 Å². The van der Waals surface area contributed by atoms with Crippen LogP contribution in [0.3, 0.4) is 0 Å².